The van der Waals surface area contributed by atoms with Crippen LogP contribution in [0.15, 0.2) is 27.1 Å². The second kappa shape index (κ2) is 5.38. The van der Waals surface area contributed by atoms with Crippen molar-refractivity contribution in [1.82, 2.24) is 5.32 Å². The van der Waals surface area contributed by atoms with Crippen LogP contribution in [0, 0.1) is 5.41 Å². The highest BCUT2D eigenvalue weighted by molar-refractivity contribution is 9.11. The van der Waals surface area contributed by atoms with Crippen LogP contribution in [0.1, 0.15) is 32.1 Å². The molecule has 2 fully saturated rings. The third-order valence-corrected chi connectivity index (χ3v) is 5.94. The molecule has 0 aliphatic heterocycles. The molecule has 0 radical (unpaired) electrons. The molecule has 0 heterocycles. The van der Waals surface area contributed by atoms with E-state index in [1.165, 1.54) is 25.7 Å². The average Bonchev–Trinajstić information content (AvgIpc) is 2.88. The second-order valence-corrected chi connectivity index (χ2v) is 7.47. The van der Waals surface area contributed by atoms with Crippen LogP contribution in [-0.2, 0) is 0 Å². The van der Waals surface area contributed by atoms with E-state index in [1.54, 1.807) is 0 Å². The van der Waals surface area contributed by atoms with Gasteiger partial charge in [-0.1, -0.05) is 28.8 Å². The lowest BCUT2D eigenvalue weighted by atomic mass is 9.60. The van der Waals surface area contributed by atoms with E-state index in [2.05, 4.69) is 44.2 Å². The predicted molar refractivity (Wildman–Crippen MR) is 84.6 cm³/mol. The van der Waals surface area contributed by atoms with Crippen molar-refractivity contribution in [3.05, 3.63) is 27.1 Å². The first-order valence-electron chi connectivity index (χ1n) is 6.95. The first-order valence-corrected chi connectivity index (χ1v) is 8.53. The Bertz CT molecular complexity index is 471. The standard InChI is InChI=1S/C15H19Br2NO/c1-18-13-9-14(15(13)6-2-3-7-15)19-12-5-4-10(16)8-11(12)17/h4-5,8,13-14,18H,2-3,6-7,9H2,1H3. The van der Waals surface area contributed by atoms with Gasteiger partial charge in [-0.15, -0.1) is 0 Å². The fourth-order valence-corrected chi connectivity index (χ4v) is 4.89. The second-order valence-electron chi connectivity index (χ2n) is 5.70. The van der Waals surface area contributed by atoms with Gasteiger partial charge in [0.05, 0.1) is 4.47 Å². The lowest BCUT2D eigenvalue weighted by Crippen LogP contribution is -2.63. The van der Waals surface area contributed by atoms with Gasteiger partial charge in [0.25, 0.3) is 0 Å². The van der Waals surface area contributed by atoms with E-state index < -0.39 is 0 Å². The minimum absolute atomic E-state index is 0.366. The molecule has 2 aliphatic rings. The number of nitrogens with one attached hydrogen (secondary N) is 1. The third kappa shape index (κ3) is 2.36. The van der Waals surface area contributed by atoms with Crippen LogP contribution < -0.4 is 10.1 Å². The summed E-state index contributed by atoms with van der Waals surface area (Å²) in [6.45, 7) is 0. The molecule has 19 heavy (non-hydrogen) atoms. The lowest BCUT2D eigenvalue weighted by molar-refractivity contribution is -0.0739. The van der Waals surface area contributed by atoms with E-state index in [0.717, 1.165) is 21.1 Å². The van der Waals surface area contributed by atoms with Crippen molar-refractivity contribution < 1.29 is 4.74 Å². The topological polar surface area (TPSA) is 21.3 Å². The summed E-state index contributed by atoms with van der Waals surface area (Å²) >= 11 is 7.07. The molecule has 2 nitrogen and oxygen atoms in total. The Morgan fingerprint density at radius 1 is 1.26 bits per heavy atom. The van der Waals surface area contributed by atoms with Crippen molar-refractivity contribution in [2.75, 3.05) is 7.05 Å². The minimum atomic E-state index is 0.366. The van der Waals surface area contributed by atoms with Crippen LogP contribution in [0.3, 0.4) is 0 Å². The summed E-state index contributed by atoms with van der Waals surface area (Å²) in [5, 5.41) is 3.47. The molecule has 1 aromatic carbocycles. The van der Waals surface area contributed by atoms with Gasteiger partial charge in [0, 0.05) is 22.4 Å². The molecule has 0 aromatic heterocycles. The molecule has 0 bridgehead atoms. The Morgan fingerprint density at radius 3 is 2.63 bits per heavy atom. The smallest absolute Gasteiger partial charge is 0.134 e. The monoisotopic (exact) mass is 387 g/mol. The quantitative estimate of drug-likeness (QED) is 0.822. The van der Waals surface area contributed by atoms with Gasteiger partial charge in [-0.3, -0.25) is 0 Å². The van der Waals surface area contributed by atoms with E-state index in [9.17, 15) is 0 Å². The highest BCUT2D eigenvalue weighted by Crippen LogP contribution is 2.54. The summed E-state index contributed by atoms with van der Waals surface area (Å²) in [6.07, 6.45) is 6.79. The SMILES string of the molecule is CNC1CC(Oc2ccc(Br)cc2Br)C12CCCC2. The first kappa shape index (κ1) is 13.9. The van der Waals surface area contributed by atoms with Crippen LogP contribution in [-0.4, -0.2) is 19.2 Å². The van der Waals surface area contributed by atoms with E-state index >= 15 is 0 Å². The molecule has 2 atom stereocenters. The van der Waals surface area contributed by atoms with Crippen molar-refractivity contribution in [3.63, 3.8) is 0 Å². The highest BCUT2D eigenvalue weighted by atomic mass is 79.9. The molecule has 0 amide bonds. The number of benzene rings is 1. The Kier molecular flexibility index (Phi) is 3.93. The molecule has 1 aromatic rings. The summed E-state index contributed by atoms with van der Waals surface area (Å²) in [5.41, 5.74) is 0.376. The molecule has 2 unspecified atom stereocenters. The van der Waals surface area contributed by atoms with Gasteiger partial charge in [0.2, 0.25) is 0 Å². The van der Waals surface area contributed by atoms with Gasteiger partial charge in [-0.05, 0) is 54.0 Å². The maximum absolute atomic E-state index is 6.30. The van der Waals surface area contributed by atoms with Gasteiger partial charge in [0.15, 0.2) is 0 Å². The summed E-state index contributed by atoms with van der Waals surface area (Å²) in [5.74, 6) is 0.967. The van der Waals surface area contributed by atoms with Gasteiger partial charge in [0.1, 0.15) is 11.9 Å². The van der Waals surface area contributed by atoms with Crippen molar-refractivity contribution in [2.24, 2.45) is 5.41 Å². The molecule has 1 spiro atoms. The zero-order valence-corrected chi connectivity index (χ0v) is 14.3. The molecule has 3 rings (SSSR count). The van der Waals surface area contributed by atoms with Gasteiger partial charge in [-0.2, -0.15) is 0 Å². The largest absolute Gasteiger partial charge is 0.489 e. The maximum atomic E-state index is 6.30. The van der Waals surface area contributed by atoms with Gasteiger partial charge < -0.3 is 10.1 Å². The van der Waals surface area contributed by atoms with Crippen LogP contribution in [0.4, 0.5) is 0 Å². The number of ether oxygens (including phenoxy) is 1. The number of hydrogen-bond acceptors (Lipinski definition) is 2. The Balaban J connectivity index is 1.77. The van der Waals surface area contributed by atoms with Gasteiger partial charge in [-0.25, -0.2) is 0 Å². The molecule has 0 saturated heterocycles. The van der Waals surface area contributed by atoms with E-state index in [4.69, 9.17) is 4.74 Å². The number of hydrogen-bond donors (Lipinski definition) is 1. The fourth-order valence-electron chi connectivity index (χ4n) is 3.75. The van der Waals surface area contributed by atoms with Crippen molar-refractivity contribution >= 4 is 31.9 Å². The normalized spacial score (nSPS) is 28.4. The van der Waals surface area contributed by atoms with E-state index in [0.29, 0.717) is 17.6 Å². The van der Waals surface area contributed by atoms with Gasteiger partial charge >= 0.3 is 0 Å². The minimum Gasteiger partial charge on any atom is -0.489 e. The van der Waals surface area contributed by atoms with E-state index in [-0.39, 0.29) is 0 Å². The molecule has 1 N–H and O–H groups in total. The molecular weight excluding hydrogens is 370 g/mol. The Labute approximate surface area is 131 Å². The fraction of sp³-hybridized carbons (Fsp3) is 0.600. The first-order chi connectivity index (χ1) is 9.15. The Hall–Kier alpha value is -0.0600. The van der Waals surface area contributed by atoms with Crippen LogP contribution in [0.2, 0.25) is 0 Å². The average molecular weight is 389 g/mol. The summed E-state index contributed by atoms with van der Waals surface area (Å²) < 4.78 is 8.40. The zero-order valence-electron chi connectivity index (χ0n) is 11.1. The van der Waals surface area contributed by atoms with E-state index in [1.807, 2.05) is 18.2 Å². The molecule has 4 heteroatoms. The van der Waals surface area contributed by atoms with Crippen molar-refractivity contribution in [2.45, 2.75) is 44.2 Å². The molecule has 2 aliphatic carbocycles. The number of rotatable bonds is 3. The Morgan fingerprint density at radius 2 is 2.00 bits per heavy atom. The van der Waals surface area contributed by atoms with Crippen LogP contribution in [0.5, 0.6) is 5.75 Å². The van der Waals surface area contributed by atoms with Crippen molar-refractivity contribution in [3.8, 4) is 5.75 Å². The molecule has 2 saturated carbocycles. The van der Waals surface area contributed by atoms with Crippen LogP contribution >= 0.6 is 31.9 Å². The summed E-state index contributed by atoms with van der Waals surface area (Å²) in [7, 11) is 2.08. The zero-order chi connectivity index (χ0) is 13.5. The summed E-state index contributed by atoms with van der Waals surface area (Å²) in [4.78, 5) is 0. The lowest BCUT2D eigenvalue weighted by Gasteiger charge is -2.53. The van der Waals surface area contributed by atoms with Crippen molar-refractivity contribution in [1.29, 1.82) is 0 Å². The third-order valence-electron chi connectivity index (χ3n) is 4.83. The highest BCUT2D eigenvalue weighted by Gasteiger charge is 2.57. The molecular formula is C15H19Br2NO. The maximum Gasteiger partial charge on any atom is 0.134 e. The predicted octanol–water partition coefficient (Wildman–Crippen LogP) is 4.51. The number of halogens is 2. The summed E-state index contributed by atoms with van der Waals surface area (Å²) in [6, 6.07) is 6.76. The molecule has 104 valence electrons. The van der Waals surface area contributed by atoms with Crippen LogP contribution in [0.25, 0.3) is 0 Å².